The molecule has 1 aromatic rings. The largest absolute Gasteiger partial charge is 0.293 e. The predicted molar refractivity (Wildman–Crippen MR) is 57.4 cm³/mol. The van der Waals surface area contributed by atoms with Gasteiger partial charge in [0.1, 0.15) is 0 Å². The Labute approximate surface area is 84.5 Å². The lowest BCUT2D eigenvalue weighted by molar-refractivity contribution is 0.0891. The van der Waals surface area contributed by atoms with E-state index in [1.165, 1.54) is 5.56 Å². The first-order valence-corrected chi connectivity index (χ1v) is 4.94. The Morgan fingerprint density at radius 3 is 2.71 bits per heavy atom. The van der Waals surface area contributed by atoms with E-state index in [4.69, 9.17) is 0 Å². The maximum absolute atomic E-state index is 12.1. The van der Waals surface area contributed by atoms with Gasteiger partial charge in [0.2, 0.25) is 0 Å². The Bertz CT molecular complexity index is 403. The third-order valence-corrected chi connectivity index (χ3v) is 2.87. The third kappa shape index (κ3) is 1.20. The smallest absolute Gasteiger partial charge is 0.173 e. The van der Waals surface area contributed by atoms with Gasteiger partial charge in [-0.25, -0.2) is 0 Å². The molecule has 1 aliphatic rings. The van der Waals surface area contributed by atoms with Gasteiger partial charge in [0.15, 0.2) is 5.78 Å². The second kappa shape index (κ2) is 3.09. The molecule has 0 radical (unpaired) electrons. The highest BCUT2D eigenvalue weighted by molar-refractivity contribution is 6.05. The van der Waals surface area contributed by atoms with Gasteiger partial charge in [-0.15, -0.1) is 0 Å². The Hall–Kier alpha value is -1.37. The lowest BCUT2D eigenvalue weighted by Gasteiger charge is -2.15. The van der Waals surface area contributed by atoms with Gasteiger partial charge in [0, 0.05) is 5.56 Å². The summed E-state index contributed by atoms with van der Waals surface area (Å²) in [6.45, 7) is 3.97. The molecule has 0 fully saturated rings. The van der Waals surface area contributed by atoms with Crippen LogP contribution in [0.15, 0.2) is 36.4 Å². The van der Waals surface area contributed by atoms with Gasteiger partial charge in [-0.1, -0.05) is 36.4 Å². The normalized spacial score (nSPS) is 25.7. The number of Topliss-reactive ketones (excluding diaryl/α,β-unsaturated/α-hetero) is 1. The zero-order chi connectivity index (χ0) is 10.2. The number of carbonyl (C=O) groups is 1. The average Bonchev–Trinajstić information content (AvgIpc) is 2.41. The van der Waals surface area contributed by atoms with Gasteiger partial charge in [0.05, 0.1) is 5.41 Å². The number of ketones is 1. The van der Waals surface area contributed by atoms with Gasteiger partial charge in [-0.2, -0.15) is 0 Å². The molecule has 1 aliphatic carbocycles. The molecule has 0 saturated carbocycles. The van der Waals surface area contributed by atoms with E-state index in [0.717, 1.165) is 12.0 Å². The molecule has 0 aromatic heterocycles. The maximum atomic E-state index is 12.1. The highest BCUT2D eigenvalue weighted by atomic mass is 16.1. The molecule has 72 valence electrons. The molecule has 1 heteroatoms. The van der Waals surface area contributed by atoms with Crippen LogP contribution in [0.1, 0.15) is 29.8 Å². The van der Waals surface area contributed by atoms with Crippen LogP contribution in [0.25, 0.3) is 0 Å². The van der Waals surface area contributed by atoms with Gasteiger partial charge >= 0.3 is 0 Å². The minimum absolute atomic E-state index is 0.256. The summed E-state index contributed by atoms with van der Waals surface area (Å²) in [5.41, 5.74) is 1.77. The molecule has 0 N–H and O–H groups in total. The molecule has 1 nitrogen and oxygen atoms in total. The average molecular weight is 186 g/mol. The number of allylic oxidation sites excluding steroid dienone is 2. The number of benzene rings is 1. The summed E-state index contributed by atoms with van der Waals surface area (Å²) in [7, 11) is 0. The van der Waals surface area contributed by atoms with Crippen LogP contribution in [0.4, 0.5) is 0 Å². The van der Waals surface area contributed by atoms with Gasteiger partial charge < -0.3 is 0 Å². The highest BCUT2D eigenvalue weighted by Gasteiger charge is 2.38. The van der Waals surface area contributed by atoms with Crippen molar-refractivity contribution in [2.75, 3.05) is 0 Å². The van der Waals surface area contributed by atoms with E-state index in [9.17, 15) is 4.79 Å². The SMILES string of the molecule is C/C=C\C1(C)Cc2ccccc2C1=O. The first-order chi connectivity index (χ1) is 6.67. The fourth-order valence-corrected chi connectivity index (χ4v) is 2.18. The first-order valence-electron chi connectivity index (χ1n) is 4.94. The maximum Gasteiger partial charge on any atom is 0.173 e. The lowest BCUT2D eigenvalue weighted by Crippen LogP contribution is -2.20. The predicted octanol–water partition coefficient (Wildman–Crippen LogP) is 3.01. The fraction of sp³-hybridized carbons (Fsp3) is 0.308. The molecule has 0 amide bonds. The van der Waals surface area contributed by atoms with Crippen molar-refractivity contribution in [3.63, 3.8) is 0 Å². The summed E-state index contributed by atoms with van der Waals surface area (Å²) in [4.78, 5) is 12.1. The number of fused-ring (bicyclic) bond motifs is 1. The third-order valence-electron chi connectivity index (χ3n) is 2.87. The van der Waals surface area contributed by atoms with E-state index in [1.807, 2.05) is 50.3 Å². The van der Waals surface area contributed by atoms with E-state index in [1.54, 1.807) is 0 Å². The van der Waals surface area contributed by atoms with Crippen molar-refractivity contribution in [3.8, 4) is 0 Å². The molecular formula is C13H14O. The Kier molecular flexibility index (Phi) is 2.03. The number of carbonyl (C=O) groups excluding carboxylic acids is 1. The van der Waals surface area contributed by atoms with Crippen molar-refractivity contribution in [2.24, 2.45) is 5.41 Å². The van der Waals surface area contributed by atoms with Crippen LogP contribution < -0.4 is 0 Å². The Balaban J connectivity index is 2.48. The summed E-state index contributed by atoms with van der Waals surface area (Å²) in [5.74, 6) is 0.256. The van der Waals surface area contributed by atoms with Crippen molar-refractivity contribution < 1.29 is 4.79 Å². The van der Waals surface area contributed by atoms with Crippen LogP contribution in [0.5, 0.6) is 0 Å². The standard InChI is InChI=1S/C13H14O/c1-3-8-13(2)9-10-6-4-5-7-11(10)12(13)14/h3-8H,9H2,1-2H3/b8-3-. The van der Waals surface area contributed by atoms with E-state index in [-0.39, 0.29) is 11.2 Å². The van der Waals surface area contributed by atoms with Crippen molar-refractivity contribution in [1.29, 1.82) is 0 Å². The quantitative estimate of drug-likeness (QED) is 0.616. The number of rotatable bonds is 1. The fourth-order valence-electron chi connectivity index (χ4n) is 2.18. The summed E-state index contributed by atoms with van der Waals surface area (Å²) in [6.07, 6.45) is 4.81. The molecule has 2 rings (SSSR count). The molecule has 0 aliphatic heterocycles. The van der Waals surface area contributed by atoms with Crippen molar-refractivity contribution in [2.45, 2.75) is 20.3 Å². The Morgan fingerprint density at radius 1 is 1.36 bits per heavy atom. The topological polar surface area (TPSA) is 17.1 Å². The first kappa shape index (κ1) is 9.20. The van der Waals surface area contributed by atoms with Crippen molar-refractivity contribution in [1.82, 2.24) is 0 Å². The van der Waals surface area contributed by atoms with Crippen LogP contribution in [-0.2, 0) is 6.42 Å². The highest BCUT2D eigenvalue weighted by Crippen LogP contribution is 2.37. The van der Waals surface area contributed by atoms with E-state index in [0.29, 0.717) is 0 Å². The monoisotopic (exact) mass is 186 g/mol. The van der Waals surface area contributed by atoms with Crippen LogP contribution in [0.2, 0.25) is 0 Å². The van der Waals surface area contributed by atoms with Crippen molar-refractivity contribution >= 4 is 5.78 Å². The summed E-state index contributed by atoms with van der Waals surface area (Å²) >= 11 is 0. The van der Waals surface area contributed by atoms with Gasteiger partial charge in [-0.3, -0.25) is 4.79 Å². The van der Waals surface area contributed by atoms with E-state index >= 15 is 0 Å². The van der Waals surface area contributed by atoms with Crippen molar-refractivity contribution in [3.05, 3.63) is 47.5 Å². The minimum Gasteiger partial charge on any atom is -0.293 e. The molecule has 0 heterocycles. The van der Waals surface area contributed by atoms with E-state index in [2.05, 4.69) is 0 Å². The van der Waals surface area contributed by atoms with E-state index < -0.39 is 0 Å². The van der Waals surface area contributed by atoms with Crippen LogP contribution >= 0.6 is 0 Å². The molecule has 1 aromatic carbocycles. The molecule has 1 atom stereocenters. The summed E-state index contributed by atoms with van der Waals surface area (Å²) in [6, 6.07) is 7.89. The van der Waals surface area contributed by atoms with Gasteiger partial charge in [-0.05, 0) is 25.8 Å². The second-order valence-corrected chi connectivity index (χ2v) is 4.08. The number of hydrogen-bond donors (Lipinski definition) is 0. The second-order valence-electron chi connectivity index (χ2n) is 4.08. The van der Waals surface area contributed by atoms with Crippen LogP contribution in [-0.4, -0.2) is 5.78 Å². The van der Waals surface area contributed by atoms with Gasteiger partial charge in [0.25, 0.3) is 0 Å². The summed E-state index contributed by atoms with van der Waals surface area (Å²) < 4.78 is 0. The molecular weight excluding hydrogens is 172 g/mol. The number of hydrogen-bond acceptors (Lipinski definition) is 1. The minimum atomic E-state index is -0.307. The zero-order valence-corrected chi connectivity index (χ0v) is 8.58. The van der Waals surface area contributed by atoms with Crippen LogP contribution in [0.3, 0.4) is 0 Å². The molecule has 0 bridgehead atoms. The molecule has 1 unspecified atom stereocenters. The molecule has 0 saturated heterocycles. The Morgan fingerprint density at radius 2 is 2.07 bits per heavy atom. The molecule has 14 heavy (non-hydrogen) atoms. The lowest BCUT2D eigenvalue weighted by atomic mass is 9.86. The zero-order valence-electron chi connectivity index (χ0n) is 8.58. The summed E-state index contributed by atoms with van der Waals surface area (Å²) in [5, 5.41) is 0. The molecule has 0 spiro atoms. The van der Waals surface area contributed by atoms with Crippen LogP contribution in [0, 0.1) is 5.41 Å².